The predicted octanol–water partition coefficient (Wildman–Crippen LogP) is 4.86. The molecule has 1 aliphatic rings. The molecule has 5 rings (SSSR count). The van der Waals surface area contributed by atoms with Crippen LogP contribution in [0.3, 0.4) is 0 Å². The smallest absolute Gasteiger partial charge is 0.254 e. The van der Waals surface area contributed by atoms with Gasteiger partial charge in [0.15, 0.2) is 0 Å². The number of piperazine rings is 1. The van der Waals surface area contributed by atoms with Crippen LogP contribution in [0.2, 0.25) is 5.02 Å². The lowest BCUT2D eigenvalue weighted by Gasteiger charge is -2.35. The van der Waals surface area contributed by atoms with Gasteiger partial charge in [0.25, 0.3) is 5.91 Å². The van der Waals surface area contributed by atoms with Crippen LogP contribution in [-0.2, 0) is 13.6 Å². The molecular weight excluding hydrogens is 446 g/mol. The number of carbonyl (C=O) groups is 1. The minimum atomic E-state index is 0.0604. The first-order valence-electron chi connectivity index (χ1n) is 11.6. The van der Waals surface area contributed by atoms with Gasteiger partial charge in [-0.15, -0.1) is 0 Å². The van der Waals surface area contributed by atoms with Gasteiger partial charge in [-0.1, -0.05) is 41.9 Å². The number of aromatic nitrogens is 3. The minimum Gasteiger partial charge on any atom is -0.336 e. The van der Waals surface area contributed by atoms with E-state index in [0.29, 0.717) is 18.7 Å². The first-order valence-corrected chi connectivity index (χ1v) is 11.9. The molecule has 1 aliphatic heterocycles. The number of hydrogen-bond acceptors (Lipinski definition) is 4. The Labute approximate surface area is 204 Å². The number of carbonyl (C=O) groups excluding carboxylic acids is 1. The van der Waals surface area contributed by atoms with E-state index in [-0.39, 0.29) is 5.91 Å². The Balaban J connectivity index is 1.40. The Kier molecular flexibility index (Phi) is 6.11. The summed E-state index contributed by atoms with van der Waals surface area (Å²) in [4.78, 5) is 23.0. The van der Waals surface area contributed by atoms with E-state index in [9.17, 15) is 4.79 Å². The summed E-state index contributed by atoms with van der Waals surface area (Å²) in [5.41, 5.74) is 6.51. The predicted molar refractivity (Wildman–Crippen MR) is 136 cm³/mol. The average molecular weight is 474 g/mol. The van der Waals surface area contributed by atoms with Crippen molar-refractivity contribution in [2.75, 3.05) is 26.2 Å². The standard InChI is InChI=1S/C27H28ClN5O/c1-18-26(19(2)31(3)30-18)25-16-23(22-6-4-5-7-24(22)29-25)27(34)33-14-12-32(13-15-33)17-20-8-10-21(28)11-9-20/h4-11,16H,12-15,17H2,1-3H3. The van der Waals surface area contributed by atoms with Gasteiger partial charge in [-0.3, -0.25) is 14.4 Å². The molecule has 0 unspecified atom stereocenters. The van der Waals surface area contributed by atoms with Gasteiger partial charge in [-0.2, -0.15) is 5.10 Å². The lowest BCUT2D eigenvalue weighted by molar-refractivity contribution is 0.0630. The third-order valence-electron chi connectivity index (χ3n) is 6.69. The second-order valence-electron chi connectivity index (χ2n) is 8.94. The molecule has 6 nitrogen and oxygen atoms in total. The van der Waals surface area contributed by atoms with E-state index in [2.05, 4.69) is 22.1 Å². The Morgan fingerprint density at radius 1 is 1.00 bits per heavy atom. The van der Waals surface area contributed by atoms with Gasteiger partial charge < -0.3 is 4.90 Å². The summed E-state index contributed by atoms with van der Waals surface area (Å²) < 4.78 is 1.86. The number of aryl methyl sites for hydroxylation is 2. The van der Waals surface area contributed by atoms with Crippen molar-refractivity contribution in [3.63, 3.8) is 0 Å². The highest BCUT2D eigenvalue weighted by atomic mass is 35.5. The van der Waals surface area contributed by atoms with E-state index in [1.54, 1.807) is 0 Å². The molecule has 0 aliphatic carbocycles. The van der Waals surface area contributed by atoms with Crippen LogP contribution < -0.4 is 0 Å². The fraction of sp³-hybridized carbons (Fsp3) is 0.296. The van der Waals surface area contributed by atoms with Crippen LogP contribution in [0.25, 0.3) is 22.2 Å². The average Bonchev–Trinajstić information content (AvgIpc) is 3.10. The number of fused-ring (bicyclic) bond motifs is 1. The molecule has 0 N–H and O–H groups in total. The maximum absolute atomic E-state index is 13.7. The summed E-state index contributed by atoms with van der Waals surface area (Å²) in [6.07, 6.45) is 0. The van der Waals surface area contributed by atoms with E-state index in [4.69, 9.17) is 16.6 Å². The van der Waals surface area contributed by atoms with Crippen LogP contribution in [0.5, 0.6) is 0 Å². The summed E-state index contributed by atoms with van der Waals surface area (Å²) in [7, 11) is 1.93. The molecule has 1 amide bonds. The van der Waals surface area contributed by atoms with Gasteiger partial charge in [-0.25, -0.2) is 4.98 Å². The summed E-state index contributed by atoms with van der Waals surface area (Å²) in [6, 6.07) is 17.8. The largest absolute Gasteiger partial charge is 0.336 e. The molecule has 1 fully saturated rings. The summed E-state index contributed by atoms with van der Waals surface area (Å²) in [5.74, 6) is 0.0604. The van der Waals surface area contributed by atoms with E-state index in [1.807, 2.05) is 72.9 Å². The van der Waals surface area contributed by atoms with Crippen molar-refractivity contribution in [3.05, 3.63) is 82.1 Å². The monoisotopic (exact) mass is 473 g/mol. The zero-order valence-corrected chi connectivity index (χ0v) is 20.5. The summed E-state index contributed by atoms with van der Waals surface area (Å²) in [6.45, 7) is 7.96. The topological polar surface area (TPSA) is 54.3 Å². The highest BCUT2D eigenvalue weighted by molar-refractivity contribution is 6.30. The van der Waals surface area contributed by atoms with Gasteiger partial charge in [-0.05, 0) is 43.7 Å². The molecule has 3 heterocycles. The summed E-state index contributed by atoms with van der Waals surface area (Å²) in [5, 5.41) is 6.19. The number of benzene rings is 2. The molecule has 0 spiro atoms. The van der Waals surface area contributed by atoms with Gasteiger partial charge >= 0.3 is 0 Å². The second-order valence-corrected chi connectivity index (χ2v) is 9.37. The number of pyridine rings is 1. The van der Waals surface area contributed by atoms with Gasteiger partial charge in [0.2, 0.25) is 0 Å². The molecule has 1 saturated heterocycles. The van der Waals surface area contributed by atoms with E-state index < -0.39 is 0 Å². The van der Waals surface area contributed by atoms with Crippen LogP contribution in [0.1, 0.15) is 27.3 Å². The first-order chi connectivity index (χ1) is 16.4. The van der Waals surface area contributed by atoms with E-state index >= 15 is 0 Å². The van der Waals surface area contributed by atoms with Crippen LogP contribution in [-0.4, -0.2) is 56.7 Å². The Morgan fingerprint density at radius 3 is 2.38 bits per heavy atom. The van der Waals surface area contributed by atoms with Crippen molar-refractivity contribution in [2.45, 2.75) is 20.4 Å². The number of para-hydroxylation sites is 1. The highest BCUT2D eigenvalue weighted by Crippen LogP contribution is 2.30. The fourth-order valence-corrected chi connectivity index (χ4v) is 4.88. The fourth-order valence-electron chi connectivity index (χ4n) is 4.75. The van der Waals surface area contributed by atoms with Crippen LogP contribution in [0.15, 0.2) is 54.6 Å². The van der Waals surface area contributed by atoms with E-state index in [1.165, 1.54) is 5.56 Å². The Morgan fingerprint density at radius 2 is 1.71 bits per heavy atom. The van der Waals surface area contributed by atoms with Crippen LogP contribution in [0, 0.1) is 13.8 Å². The normalized spacial score (nSPS) is 14.6. The molecular formula is C27H28ClN5O. The second kappa shape index (κ2) is 9.20. The lowest BCUT2D eigenvalue weighted by Crippen LogP contribution is -2.48. The number of rotatable bonds is 4. The zero-order valence-electron chi connectivity index (χ0n) is 19.8. The first kappa shape index (κ1) is 22.6. The molecule has 2 aromatic carbocycles. The SMILES string of the molecule is Cc1nn(C)c(C)c1-c1cc(C(=O)N2CCN(Cc3ccc(Cl)cc3)CC2)c2ccccc2n1. The van der Waals surface area contributed by atoms with Crippen LogP contribution in [0.4, 0.5) is 0 Å². The highest BCUT2D eigenvalue weighted by Gasteiger charge is 2.25. The molecule has 7 heteroatoms. The zero-order chi connectivity index (χ0) is 23.8. The van der Waals surface area contributed by atoms with Gasteiger partial charge in [0.1, 0.15) is 0 Å². The maximum atomic E-state index is 13.7. The third kappa shape index (κ3) is 4.31. The van der Waals surface area contributed by atoms with Crippen molar-refractivity contribution in [1.82, 2.24) is 24.6 Å². The molecule has 0 atom stereocenters. The molecule has 0 radical (unpaired) electrons. The van der Waals surface area contributed by atoms with Crippen molar-refractivity contribution < 1.29 is 4.79 Å². The van der Waals surface area contributed by atoms with Crippen molar-refractivity contribution in [1.29, 1.82) is 0 Å². The van der Waals surface area contributed by atoms with Gasteiger partial charge in [0.05, 0.1) is 22.5 Å². The number of amides is 1. The lowest BCUT2D eigenvalue weighted by atomic mass is 10.0. The summed E-state index contributed by atoms with van der Waals surface area (Å²) >= 11 is 6.01. The molecule has 174 valence electrons. The van der Waals surface area contributed by atoms with Crippen molar-refractivity contribution in [2.24, 2.45) is 7.05 Å². The Hall–Kier alpha value is -3.22. The molecule has 34 heavy (non-hydrogen) atoms. The quantitative estimate of drug-likeness (QED) is 0.424. The molecule has 0 saturated carbocycles. The van der Waals surface area contributed by atoms with Crippen LogP contribution >= 0.6 is 11.6 Å². The maximum Gasteiger partial charge on any atom is 0.254 e. The minimum absolute atomic E-state index is 0.0604. The number of nitrogens with zero attached hydrogens (tertiary/aromatic N) is 5. The third-order valence-corrected chi connectivity index (χ3v) is 6.94. The van der Waals surface area contributed by atoms with Gasteiger partial charge in [0, 0.05) is 61.4 Å². The molecule has 2 aromatic heterocycles. The van der Waals surface area contributed by atoms with Crippen molar-refractivity contribution in [3.8, 4) is 11.3 Å². The van der Waals surface area contributed by atoms with E-state index in [0.717, 1.165) is 58.2 Å². The Bertz CT molecular complexity index is 1350. The van der Waals surface area contributed by atoms with Crippen molar-refractivity contribution >= 4 is 28.4 Å². The molecule has 0 bridgehead atoms. The number of halogens is 1. The number of hydrogen-bond donors (Lipinski definition) is 0. The molecule has 4 aromatic rings.